The first-order valence-corrected chi connectivity index (χ1v) is 3.73. The van der Waals surface area contributed by atoms with Crippen molar-refractivity contribution < 1.29 is 5.21 Å². The van der Waals surface area contributed by atoms with Crippen molar-refractivity contribution in [2.75, 3.05) is 19.0 Å². The molecule has 4 nitrogen and oxygen atoms in total. The molecule has 0 saturated carbocycles. The minimum absolute atomic E-state index is 0.431. The van der Waals surface area contributed by atoms with E-state index in [1.807, 2.05) is 31.1 Å². The zero-order valence-corrected chi connectivity index (χ0v) is 7.28. The van der Waals surface area contributed by atoms with Crippen LogP contribution >= 0.6 is 0 Å². The zero-order chi connectivity index (χ0) is 8.97. The van der Waals surface area contributed by atoms with Gasteiger partial charge < -0.3 is 10.1 Å². The molecule has 0 atom stereocenters. The molecular weight excluding hydrogens is 154 g/mol. The lowest BCUT2D eigenvalue weighted by atomic mass is 10.3. The first-order chi connectivity index (χ1) is 5.74. The van der Waals surface area contributed by atoms with Crippen molar-refractivity contribution in [3.05, 3.63) is 23.9 Å². The van der Waals surface area contributed by atoms with Gasteiger partial charge in [0.2, 0.25) is 0 Å². The maximum absolute atomic E-state index is 8.41. The number of nitrogens with zero attached hydrogens (tertiary/aromatic N) is 2. The van der Waals surface area contributed by atoms with Crippen LogP contribution in [0.2, 0.25) is 0 Å². The van der Waals surface area contributed by atoms with Gasteiger partial charge in [-0.1, -0.05) is 6.07 Å². The minimum atomic E-state index is 0.431. The van der Waals surface area contributed by atoms with Gasteiger partial charge in [0.05, 0.1) is 0 Å². The average molecular weight is 167 g/mol. The van der Waals surface area contributed by atoms with Crippen LogP contribution in [0.1, 0.15) is 5.56 Å². The Morgan fingerprint density at radius 1 is 1.50 bits per heavy atom. The predicted molar refractivity (Wildman–Crippen MR) is 47.2 cm³/mol. The Hall–Kier alpha value is -1.13. The first-order valence-electron chi connectivity index (χ1n) is 3.73. The highest BCUT2D eigenvalue weighted by atomic mass is 16.5. The number of anilines is 1. The Morgan fingerprint density at radius 2 is 2.25 bits per heavy atom. The van der Waals surface area contributed by atoms with Crippen LogP contribution in [-0.2, 0) is 6.54 Å². The maximum Gasteiger partial charge on any atom is 0.127 e. The van der Waals surface area contributed by atoms with E-state index in [1.54, 1.807) is 6.20 Å². The summed E-state index contributed by atoms with van der Waals surface area (Å²) in [5, 5.41) is 8.41. The van der Waals surface area contributed by atoms with E-state index in [-0.39, 0.29) is 0 Å². The highest BCUT2D eigenvalue weighted by Crippen LogP contribution is 2.06. The molecule has 0 aliphatic rings. The van der Waals surface area contributed by atoms with Crippen molar-refractivity contribution in [1.29, 1.82) is 0 Å². The molecule has 12 heavy (non-hydrogen) atoms. The van der Waals surface area contributed by atoms with Gasteiger partial charge in [0.1, 0.15) is 5.82 Å². The third-order valence-corrected chi connectivity index (χ3v) is 1.55. The predicted octanol–water partition coefficient (Wildman–Crippen LogP) is 0.626. The van der Waals surface area contributed by atoms with Gasteiger partial charge in [0.25, 0.3) is 0 Å². The van der Waals surface area contributed by atoms with Crippen molar-refractivity contribution in [3.8, 4) is 0 Å². The van der Waals surface area contributed by atoms with E-state index < -0.39 is 0 Å². The van der Waals surface area contributed by atoms with Crippen LogP contribution in [0.5, 0.6) is 0 Å². The molecule has 0 unspecified atom stereocenters. The second kappa shape index (κ2) is 4.04. The molecule has 1 aromatic heterocycles. The number of aromatic nitrogens is 1. The van der Waals surface area contributed by atoms with E-state index in [9.17, 15) is 0 Å². The molecule has 0 bridgehead atoms. The van der Waals surface area contributed by atoms with E-state index in [0.717, 1.165) is 11.4 Å². The quantitative estimate of drug-likeness (QED) is 0.648. The van der Waals surface area contributed by atoms with E-state index in [4.69, 9.17) is 5.21 Å². The van der Waals surface area contributed by atoms with Crippen LogP contribution in [0.4, 0.5) is 5.82 Å². The molecular formula is C8H13N3O. The molecule has 1 heterocycles. The molecule has 0 aromatic carbocycles. The smallest absolute Gasteiger partial charge is 0.127 e. The standard InChI is InChI=1S/C8H13N3O/c1-11(2)8-4-3-7(5-9-8)6-10-12/h3-5,10,12H,6H2,1-2H3. The molecule has 0 radical (unpaired) electrons. The van der Waals surface area contributed by atoms with Gasteiger partial charge in [-0.3, -0.25) is 0 Å². The monoisotopic (exact) mass is 167 g/mol. The van der Waals surface area contributed by atoms with Gasteiger partial charge in [-0.05, 0) is 11.6 Å². The highest BCUT2D eigenvalue weighted by Gasteiger charge is 1.96. The molecule has 0 aliphatic carbocycles. The van der Waals surface area contributed by atoms with E-state index >= 15 is 0 Å². The van der Waals surface area contributed by atoms with E-state index in [0.29, 0.717) is 6.54 Å². The molecule has 0 saturated heterocycles. The lowest BCUT2D eigenvalue weighted by molar-refractivity contribution is 0.161. The van der Waals surface area contributed by atoms with Crippen LogP contribution in [-0.4, -0.2) is 24.3 Å². The maximum atomic E-state index is 8.41. The summed E-state index contributed by atoms with van der Waals surface area (Å²) >= 11 is 0. The topological polar surface area (TPSA) is 48.4 Å². The number of pyridine rings is 1. The fourth-order valence-corrected chi connectivity index (χ4v) is 0.877. The summed E-state index contributed by atoms with van der Waals surface area (Å²) in [6, 6.07) is 3.83. The summed E-state index contributed by atoms with van der Waals surface area (Å²) in [4.78, 5) is 6.10. The average Bonchev–Trinajstić information content (AvgIpc) is 2.06. The van der Waals surface area contributed by atoms with Crippen molar-refractivity contribution in [2.45, 2.75) is 6.54 Å². The first kappa shape index (κ1) is 8.96. The molecule has 4 heteroatoms. The Balaban J connectivity index is 2.71. The summed E-state index contributed by atoms with van der Waals surface area (Å²) in [7, 11) is 3.87. The highest BCUT2D eigenvalue weighted by molar-refractivity contribution is 5.36. The van der Waals surface area contributed by atoms with Crippen molar-refractivity contribution in [3.63, 3.8) is 0 Å². The summed E-state index contributed by atoms with van der Waals surface area (Å²) < 4.78 is 0. The van der Waals surface area contributed by atoms with Crippen molar-refractivity contribution in [1.82, 2.24) is 10.5 Å². The molecule has 0 fully saturated rings. The Labute approximate surface area is 71.8 Å². The zero-order valence-electron chi connectivity index (χ0n) is 7.28. The van der Waals surface area contributed by atoms with Crippen LogP contribution in [0.25, 0.3) is 0 Å². The summed E-state index contributed by atoms with van der Waals surface area (Å²) in [6.45, 7) is 0.431. The molecule has 2 N–H and O–H groups in total. The molecule has 0 amide bonds. The van der Waals surface area contributed by atoms with E-state index in [2.05, 4.69) is 10.5 Å². The molecule has 66 valence electrons. The lowest BCUT2D eigenvalue weighted by Gasteiger charge is -2.10. The normalized spacial score (nSPS) is 9.92. The Kier molecular flexibility index (Phi) is 3.01. The number of hydroxylamine groups is 1. The Bertz CT molecular complexity index is 233. The van der Waals surface area contributed by atoms with Gasteiger partial charge in [0, 0.05) is 26.8 Å². The summed E-state index contributed by atoms with van der Waals surface area (Å²) in [5.41, 5.74) is 3.04. The SMILES string of the molecule is CN(C)c1ccc(CNO)cn1. The summed E-state index contributed by atoms with van der Waals surface area (Å²) in [5.74, 6) is 0.914. The van der Waals surface area contributed by atoms with Gasteiger partial charge in [-0.15, -0.1) is 0 Å². The molecule has 1 rings (SSSR count). The van der Waals surface area contributed by atoms with Gasteiger partial charge in [0.15, 0.2) is 0 Å². The third kappa shape index (κ3) is 2.18. The van der Waals surface area contributed by atoms with Gasteiger partial charge >= 0.3 is 0 Å². The minimum Gasteiger partial charge on any atom is -0.363 e. The second-order valence-electron chi connectivity index (χ2n) is 2.75. The molecule has 0 aliphatic heterocycles. The summed E-state index contributed by atoms with van der Waals surface area (Å²) in [6.07, 6.45) is 1.73. The van der Waals surface area contributed by atoms with Gasteiger partial charge in [-0.2, -0.15) is 0 Å². The largest absolute Gasteiger partial charge is 0.363 e. The number of hydrogen-bond donors (Lipinski definition) is 2. The van der Waals surface area contributed by atoms with Crippen molar-refractivity contribution >= 4 is 5.82 Å². The van der Waals surface area contributed by atoms with Crippen LogP contribution < -0.4 is 10.4 Å². The van der Waals surface area contributed by atoms with Crippen LogP contribution in [0.15, 0.2) is 18.3 Å². The Morgan fingerprint density at radius 3 is 2.67 bits per heavy atom. The second-order valence-corrected chi connectivity index (χ2v) is 2.75. The molecule has 1 aromatic rings. The van der Waals surface area contributed by atoms with Crippen molar-refractivity contribution in [2.24, 2.45) is 0 Å². The number of nitrogens with one attached hydrogen (secondary N) is 1. The molecule has 0 spiro atoms. The third-order valence-electron chi connectivity index (χ3n) is 1.55. The van der Waals surface area contributed by atoms with Crippen LogP contribution in [0, 0.1) is 0 Å². The number of rotatable bonds is 3. The van der Waals surface area contributed by atoms with E-state index in [1.165, 1.54) is 0 Å². The fraction of sp³-hybridized carbons (Fsp3) is 0.375. The number of hydrogen-bond acceptors (Lipinski definition) is 4. The van der Waals surface area contributed by atoms with Crippen LogP contribution in [0.3, 0.4) is 0 Å². The van der Waals surface area contributed by atoms with Gasteiger partial charge in [-0.25, -0.2) is 10.5 Å². The fourth-order valence-electron chi connectivity index (χ4n) is 0.877. The lowest BCUT2D eigenvalue weighted by Crippen LogP contribution is -2.11.